The van der Waals surface area contributed by atoms with Crippen molar-refractivity contribution in [2.24, 2.45) is 5.92 Å². The molecule has 1 atom stereocenters. The molecule has 1 aliphatic heterocycles. The zero-order valence-electron chi connectivity index (χ0n) is 15.1. The molecule has 0 radical (unpaired) electrons. The van der Waals surface area contributed by atoms with Crippen LogP contribution in [-0.2, 0) is 4.74 Å². The fourth-order valence-corrected chi connectivity index (χ4v) is 2.79. The number of rotatable bonds is 8. The van der Waals surface area contributed by atoms with Crippen LogP contribution in [0.3, 0.4) is 0 Å². The molecule has 0 aliphatic carbocycles. The third kappa shape index (κ3) is 9.46. The Morgan fingerprint density at radius 2 is 2.05 bits per heavy atom. The van der Waals surface area contributed by atoms with E-state index in [-0.39, 0.29) is 5.54 Å². The maximum atomic E-state index is 5.90. The predicted molar refractivity (Wildman–Crippen MR) is 90.9 cm³/mol. The molecule has 0 aromatic heterocycles. The highest BCUT2D eigenvalue weighted by Crippen LogP contribution is 2.09. The van der Waals surface area contributed by atoms with E-state index in [2.05, 4.69) is 56.8 Å². The number of nitrogens with zero attached hydrogens (tertiary/aromatic N) is 2. The smallest absolute Gasteiger partial charge is 0.0714 e. The third-order valence-corrected chi connectivity index (χ3v) is 3.82. The SMILES string of the molecule is CC(C)CN(C)CCN1CCO[C@@H](CCNC(C)(C)C)C1. The van der Waals surface area contributed by atoms with Gasteiger partial charge < -0.3 is 15.0 Å². The van der Waals surface area contributed by atoms with Crippen molar-refractivity contribution in [3.8, 4) is 0 Å². The van der Waals surface area contributed by atoms with E-state index in [4.69, 9.17) is 4.74 Å². The Hall–Kier alpha value is -0.160. The summed E-state index contributed by atoms with van der Waals surface area (Å²) >= 11 is 0. The number of nitrogens with one attached hydrogen (secondary N) is 1. The maximum Gasteiger partial charge on any atom is 0.0714 e. The first kappa shape index (κ1) is 18.9. The lowest BCUT2D eigenvalue weighted by molar-refractivity contribution is -0.0338. The van der Waals surface area contributed by atoms with E-state index >= 15 is 0 Å². The zero-order chi connectivity index (χ0) is 15.9. The van der Waals surface area contributed by atoms with E-state index in [1.54, 1.807) is 0 Å². The van der Waals surface area contributed by atoms with Gasteiger partial charge in [0, 0.05) is 38.3 Å². The van der Waals surface area contributed by atoms with Gasteiger partial charge in [0.05, 0.1) is 12.7 Å². The zero-order valence-corrected chi connectivity index (χ0v) is 15.1. The number of hydrogen-bond donors (Lipinski definition) is 1. The molecule has 0 aromatic carbocycles. The molecule has 0 spiro atoms. The van der Waals surface area contributed by atoms with E-state index in [1.807, 2.05) is 0 Å². The standard InChI is InChI=1S/C17H37N3O/c1-15(2)13-19(6)9-10-20-11-12-21-16(14-20)7-8-18-17(3,4)5/h15-16,18H,7-14H2,1-6H3/t16-/m0/s1. The molecule has 0 amide bonds. The van der Waals surface area contributed by atoms with Crippen LogP contribution in [0.1, 0.15) is 41.0 Å². The average molecular weight is 300 g/mol. The molecule has 1 N–H and O–H groups in total. The largest absolute Gasteiger partial charge is 0.376 e. The summed E-state index contributed by atoms with van der Waals surface area (Å²) in [6.07, 6.45) is 1.50. The fraction of sp³-hybridized carbons (Fsp3) is 1.00. The lowest BCUT2D eigenvalue weighted by Gasteiger charge is -2.34. The number of morpholine rings is 1. The number of likely N-dealkylation sites (N-methyl/N-ethyl adjacent to an activating group) is 1. The first-order valence-electron chi connectivity index (χ1n) is 8.54. The minimum absolute atomic E-state index is 0.202. The van der Waals surface area contributed by atoms with Crippen molar-refractivity contribution in [1.29, 1.82) is 0 Å². The molecule has 1 fully saturated rings. The summed E-state index contributed by atoms with van der Waals surface area (Å²) in [5.41, 5.74) is 0.202. The molecule has 0 bridgehead atoms. The quantitative estimate of drug-likeness (QED) is 0.742. The highest BCUT2D eigenvalue weighted by molar-refractivity contribution is 4.76. The molecule has 4 heteroatoms. The lowest BCUT2D eigenvalue weighted by atomic mass is 10.1. The molecular formula is C17H37N3O. The van der Waals surface area contributed by atoms with Gasteiger partial charge in [-0.3, -0.25) is 4.90 Å². The van der Waals surface area contributed by atoms with Crippen molar-refractivity contribution < 1.29 is 4.74 Å². The molecule has 0 aromatic rings. The predicted octanol–water partition coefficient (Wildman–Crippen LogP) is 2.05. The molecule has 126 valence electrons. The van der Waals surface area contributed by atoms with E-state index < -0.39 is 0 Å². The van der Waals surface area contributed by atoms with Crippen LogP contribution in [-0.4, -0.2) is 74.4 Å². The minimum Gasteiger partial charge on any atom is -0.376 e. The van der Waals surface area contributed by atoms with Crippen LogP contribution >= 0.6 is 0 Å². The maximum absolute atomic E-state index is 5.90. The molecule has 4 nitrogen and oxygen atoms in total. The van der Waals surface area contributed by atoms with E-state index in [0.29, 0.717) is 6.10 Å². The van der Waals surface area contributed by atoms with Crippen LogP contribution in [0.15, 0.2) is 0 Å². The summed E-state index contributed by atoms with van der Waals surface area (Å²) in [4.78, 5) is 5.00. The van der Waals surface area contributed by atoms with Gasteiger partial charge in [0.25, 0.3) is 0 Å². The van der Waals surface area contributed by atoms with Gasteiger partial charge in [-0.2, -0.15) is 0 Å². The fourth-order valence-electron chi connectivity index (χ4n) is 2.79. The normalized spacial score (nSPS) is 21.4. The molecule has 1 saturated heterocycles. The van der Waals surface area contributed by atoms with Crippen molar-refractivity contribution in [1.82, 2.24) is 15.1 Å². The summed E-state index contributed by atoms with van der Waals surface area (Å²) < 4.78 is 5.90. The van der Waals surface area contributed by atoms with Crippen molar-refractivity contribution in [2.45, 2.75) is 52.7 Å². The van der Waals surface area contributed by atoms with Crippen molar-refractivity contribution in [2.75, 3.05) is 52.9 Å². The van der Waals surface area contributed by atoms with Gasteiger partial charge in [0.15, 0.2) is 0 Å². The van der Waals surface area contributed by atoms with Crippen LogP contribution in [0.4, 0.5) is 0 Å². The monoisotopic (exact) mass is 299 g/mol. The Morgan fingerprint density at radius 1 is 1.33 bits per heavy atom. The molecule has 1 heterocycles. The highest BCUT2D eigenvalue weighted by atomic mass is 16.5. The second-order valence-electron chi connectivity index (χ2n) is 7.91. The number of ether oxygens (including phenoxy) is 1. The average Bonchev–Trinajstić information content (AvgIpc) is 2.34. The van der Waals surface area contributed by atoms with Gasteiger partial charge >= 0.3 is 0 Å². The lowest BCUT2D eigenvalue weighted by Crippen LogP contribution is -2.47. The van der Waals surface area contributed by atoms with E-state index in [9.17, 15) is 0 Å². The Balaban J connectivity index is 2.19. The van der Waals surface area contributed by atoms with Crippen molar-refractivity contribution in [3.05, 3.63) is 0 Å². The third-order valence-electron chi connectivity index (χ3n) is 3.82. The Kier molecular flexibility index (Phi) is 8.17. The molecular weight excluding hydrogens is 262 g/mol. The number of hydrogen-bond acceptors (Lipinski definition) is 4. The summed E-state index contributed by atoms with van der Waals surface area (Å²) in [7, 11) is 2.23. The van der Waals surface area contributed by atoms with Crippen LogP contribution in [0, 0.1) is 5.92 Å². The summed E-state index contributed by atoms with van der Waals surface area (Å²) in [5, 5.41) is 3.55. The topological polar surface area (TPSA) is 27.7 Å². The summed E-state index contributed by atoms with van der Waals surface area (Å²) in [6.45, 7) is 18.8. The Morgan fingerprint density at radius 3 is 2.67 bits per heavy atom. The molecule has 21 heavy (non-hydrogen) atoms. The van der Waals surface area contributed by atoms with Gasteiger partial charge in [-0.05, 0) is 46.7 Å². The van der Waals surface area contributed by atoms with Crippen LogP contribution in [0.25, 0.3) is 0 Å². The Bertz CT molecular complexity index is 276. The molecule has 1 aliphatic rings. The molecule has 0 unspecified atom stereocenters. The second kappa shape index (κ2) is 9.09. The van der Waals surface area contributed by atoms with E-state index in [0.717, 1.165) is 51.7 Å². The van der Waals surface area contributed by atoms with Gasteiger partial charge in [0.2, 0.25) is 0 Å². The van der Waals surface area contributed by atoms with Gasteiger partial charge in [-0.25, -0.2) is 0 Å². The second-order valence-corrected chi connectivity index (χ2v) is 7.91. The Labute approximate surface area is 132 Å². The van der Waals surface area contributed by atoms with Crippen LogP contribution < -0.4 is 5.32 Å². The van der Waals surface area contributed by atoms with Crippen LogP contribution in [0.2, 0.25) is 0 Å². The van der Waals surface area contributed by atoms with Gasteiger partial charge in [-0.15, -0.1) is 0 Å². The van der Waals surface area contributed by atoms with Gasteiger partial charge in [0.1, 0.15) is 0 Å². The summed E-state index contributed by atoms with van der Waals surface area (Å²) in [6, 6.07) is 0. The minimum atomic E-state index is 0.202. The van der Waals surface area contributed by atoms with Gasteiger partial charge in [-0.1, -0.05) is 13.8 Å². The van der Waals surface area contributed by atoms with Crippen molar-refractivity contribution >= 4 is 0 Å². The molecule has 0 saturated carbocycles. The summed E-state index contributed by atoms with van der Waals surface area (Å²) in [5.74, 6) is 0.746. The first-order chi connectivity index (χ1) is 9.76. The van der Waals surface area contributed by atoms with Crippen LogP contribution in [0.5, 0.6) is 0 Å². The molecule has 1 rings (SSSR count). The van der Waals surface area contributed by atoms with E-state index in [1.165, 1.54) is 6.54 Å². The first-order valence-corrected chi connectivity index (χ1v) is 8.54. The highest BCUT2D eigenvalue weighted by Gasteiger charge is 2.21. The van der Waals surface area contributed by atoms with Crippen molar-refractivity contribution in [3.63, 3.8) is 0 Å².